The van der Waals surface area contributed by atoms with Crippen LogP contribution >= 0.6 is 24.0 Å². The van der Waals surface area contributed by atoms with Gasteiger partial charge in [0.15, 0.2) is 0 Å². The highest BCUT2D eigenvalue weighted by Crippen LogP contribution is 2.43. The van der Waals surface area contributed by atoms with Crippen molar-refractivity contribution in [2.45, 2.75) is 30.9 Å². The molecule has 2 nitrogen and oxygen atoms in total. The Morgan fingerprint density at radius 2 is 2.05 bits per heavy atom. The summed E-state index contributed by atoms with van der Waals surface area (Å²) >= 11 is 6.20. The summed E-state index contributed by atoms with van der Waals surface area (Å²) in [5, 5.41) is 1.18. The van der Waals surface area contributed by atoms with E-state index in [0.717, 1.165) is 17.9 Å². The van der Waals surface area contributed by atoms with Crippen molar-refractivity contribution in [3.63, 3.8) is 0 Å². The van der Waals surface area contributed by atoms with Crippen LogP contribution in [-0.2, 0) is 12.2 Å². The van der Waals surface area contributed by atoms with Gasteiger partial charge in [-0.15, -0.1) is 11.3 Å². The molecule has 0 atom stereocenters. The molecular weight excluding hydrogens is 274 g/mol. The predicted octanol–water partition coefficient (Wildman–Crippen LogP) is 4.07. The van der Waals surface area contributed by atoms with E-state index >= 15 is 0 Å². The molecule has 1 fully saturated rings. The molecule has 1 aliphatic rings. The molecule has 0 amide bonds. The van der Waals surface area contributed by atoms with E-state index in [0.29, 0.717) is 12.5 Å². The van der Waals surface area contributed by atoms with Gasteiger partial charge in [0, 0.05) is 23.0 Å². The van der Waals surface area contributed by atoms with Gasteiger partial charge in [-0.25, -0.2) is 4.98 Å². The lowest BCUT2D eigenvalue weighted by atomic mass is 10.3. The first-order valence-electron chi connectivity index (χ1n) is 6.64. The third-order valence-corrected chi connectivity index (χ3v) is 4.87. The zero-order valence-corrected chi connectivity index (χ0v) is 12.4. The van der Waals surface area contributed by atoms with E-state index in [9.17, 15) is 0 Å². The number of hydrogen-bond donors (Lipinski definition) is 1. The van der Waals surface area contributed by atoms with Crippen molar-refractivity contribution in [3.8, 4) is 5.75 Å². The van der Waals surface area contributed by atoms with E-state index in [1.54, 1.807) is 11.3 Å². The average molecular weight is 291 g/mol. The summed E-state index contributed by atoms with van der Waals surface area (Å²) in [4.78, 5) is 6.11. The van der Waals surface area contributed by atoms with E-state index in [2.05, 4.69) is 12.6 Å². The van der Waals surface area contributed by atoms with Crippen molar-refractivity contribution >= 4 is 24.0 Å². The fraction of sp³-hybridized carbons (Fsp3) is 0.400. The average Bonchev–Trinajstić information content (AvgIpc) is 3.21. The number of thiol groups is 1. The summed E-state index contributed by atoms with van der Waals surface area (Å²) in [6.45, 7) is 0.688. The summed E-state index contributed by atoms with van der Waals surface area (Å²) < 4.78 is 5.72. The third-order valence-electron chi connectivity index (χ3n) is 3.21. The summed E-state index contributed by atoms with van der Waals surface area (Å²) in [5.74, 6) is 2.45. The van der Waals surface area contributed by atoms with E-state index in [-0.39, 0.29) is 0 Å². The van der Waals surface area contributed by atoms with Crippen LogP contribution in [0.3, 0.4) is 0 Å². The number of nitrogens with zero attached hydrogens (tertiary/aromatic N) is 1. The number of rotatable bonds is 6. The smallest absolute Gasteiger partial charge is 0.119 e. The van der Waals surface area contributed by atoms with Gasteiger partial charge in [0.2, 0.25) is 0 Å². The first-order chi connectivity index (χ1) is 9.36. The van der Waals surface area contributed by atoms with Crippen molar-refractivity contribution in [2.24, 2.45) is 0 Å². The number of hydrogen-bond acceptors (Lipinski definition) is 4. The molecule has 1 heterocycles. The zero-order chi connectivity index (χ0) is 13.1. The maximum Gasteiger partial charge on any atom is 0.119 e. The molecule has 4 heteroatoms. The molecule has 0 bridgehead atoms. The Bertz CT molecular complexity index is 534. The molecule has 19 heavy (non-hydrogen) atoms. The van der Waals surface area contributed by atoms with Gasteiger partial charge in [0.05, 0.1) is 17.3 Å². The molecule has 0 unspecified atom stereocenters. The molecule has 3 rings (SSSR count). The minimum atomic E-state index is 0.688. The van der Waals surface area contributed by atoms with Crippen LogP contribution in [-0.4, -0.2) is 11.6 Å². The maximum absolute atomic E-state index is 5.72. The topological polar surface area (TPSA) is 22.1 Å². The van der Waals surface area contributed by atoms with Crippen molar-refractivity contribution in [2.75, 3.05) is 6.61 Å². The maximum atomic E-state index is 5.72. The molecule has 2 aromatic rings. The van der Waals surface area contributed by atoms with Gasteiger partial charge >= 0.3 is 0 Å². The lowest BCUT2D eigenvalue weighted by molar-refractivity contribution is 0.321. The van der Waals surface area contributed by atoms with Gasteiger partial charge in [-0.3, -0.25) is 0 Å². The van der Waals surface area contributed by atoms with E-state index in [1.165, 1.54) is 28.4 Å². The second-order valence-corrected chi connectivity index (χ2v) is 6.24. The van der Waals surface area contributed by atoms with Crippen molar-refractivity contribution in [1.29, 1.82) is 0 Å². The van der Waals surface area contributed by atoms with Crippen LogP contribution in [0.4, 0.5) is 0 Å². The van der Waals surface area contributed by atoms with Crippen LogP contribution < -0.4 is 4.74 Å². The van der Waals surface area contributed by atoms with Crippen molar-refractivity contribution < 1.29 is 4.74 Å². The molecule has 0 N–H and O–H groups in total. The van der Waals surface area contributed by atoms with Crippen LogP contribution in [0, 0.1) is 0 Å². The molecule has 0 aliphatic heterocycles. The Labute approximate surface area is 123 Å². The minimum Gasteiger partial charge on any atom is -0.493 e. The van der Waals surface area contributed by atoms with Gasteiger partial charge < -0.3 is 4.74 Å². The van der Waals surface area contributed by atoms with E-state index in [4.69, 9.17) is 9.72 Å². The molecule has 1 saturated carbocycles. The predicted molar refractivity (Wildman–Crippen MR) is 82.4 cm³/mol. The lowest BCUT2D eigenvalue weighted by Crippen LogP contribution is -2.00. The fourth-order valence-corrected chi connectivity index (χ4v) is 3.43. The first kappa shape index (κ1) is 13.0. The Hall–Kier alpha value is -1.00. The van der Waals surface area contributed by atoms with Crippen molar-refractivity contribution in [1.82, 2.24) is 4.98 Å². The lowest BCUT2D eigenvalue weighted by Gasteiger charge is -2.03. The Morgan fingerprint density at radius 1 is 1.26 bits per heavy atom. The van der Waals surface area contributed by atoms with Gasteiger partial charge in [0.1, 0.15) is 5.75 Å². The van der Waals surface area contributed by atoms with Gasteiger partial charge in [-0.2, -0.15) is 12.6 Å². The Kier molecular flexibility index (Phi) is 4.09. The van der Waals surface area contributed by atoms with Crippen LogP contribution in [0.25, 0.3) is 0 Å². The molecule has 100 valence electrons. The van der Waals surface area contributed by atoms with Gasteiger partial charge in [-0.1, -0.05) is 18.2 Å². The molecule has 0 saturated heterocycles. The van der Waals surface area contributed by atoms with Crippen LogP contribution in [0.5, 0.6) is 5.75 Å². The molecule has 0 spiro atoms. The summed E-state index contributed by atoms with van der Waals surface area (Å²) in [7, 11) is 0. The number of para-hydroxylation sites is 1. The zero-order valence-electron chi connectivity index (χ0n) is 10.7. The quantitative estimate of drug-likeness (QED) is 0.810. The molecule has 1 aliphatic carbocycles. The number of ether oxygens (including phenoxy) is 1. The Morgan fingerprint density at radius 3 is 2.74 bits per heavy atom. The second kappa shape index (κ2) is 5.97. The summed E-state index contributed by atoms with van der Waals surface area (Å²) in [6.07, 6.45) is 3.47. The molecule has 1 aromatic heterocycles. The highest BCUT2D eigenvalue weighted by molar-refractivity contribution is 7.79. The van der Waals surface area contributed by atoms with E-state index < -0.39 is 0 Å². The summed E-state index contributed by atoms with van der Waals surface area (Å²) in [5.41, 5.74) is 1.30. The third kappa shape index (κ3) is 3.31. The van der Waals surface area contributed by atoms with Gasteiger partial charge in [-0.05, 0) is 25.0 Å². The molecule has 0 radical (unpaired) electrons. The van der Waals surface area contributed by atoms with Crippen LogP contribution in [0.15, 0.2) is 30.3 Å². The second-order valence-electron chi connectivity index (χ2n) is 4.76. The number of thiazole rings is 1. The highest BCUT2D eigenvalue weighted by Gasteiger charge is 2.29. The van der Waals surface area contributed by atoms with E-state index in [1.807, 2.05) is 30.3 Å². The Balaban J connectivity index is 1.58. The number of aromatic nitrogens is 1. The van der Waals surface area contributed by atoms with Crippen LogP contribution in [0.1, 0.15) is 34.3 Å². The normalized spacial score (nSPS) is 14.6. The molecule has 1 aromatic carbocycles. The minimum absolute atomic E-state index is 0.688. The van der Waals surface area contributed by atoms with Crippen LogP contribution in [0.2, 0.25) is 0 Å². The summed E-state index contributed by atoms with van der Waals surface area (Å²) in [6, 6.07) is 9.94. The molecular formula is C15H17NOS2. The monoisotopic (exact) mass is 291 g/mol. The first-order valence-corrected chi connectivity index (χ1v) is 8.09. The van der Waals surface area contributed by atoms with Gasteiger partial charge in [0.25, 0.3) is 0 Å². The fourth-order valence-electron chi connectivity index (χ4n) is 2.08. The standard InChI is InChI=1S/C15H17NOS2/c18-10-13-15(11-6-7-11)16-14(19-13)8-9-17-12-4-2-1-3-5-12/h1-5,11,18H,6-10H2. The SMILES string of the molecule is SCc1sc(CCOc2ccccc2)nc1C1CC1. The highest BCUT2D eigenvalue weighted by atomic mass is 32.1. The largest absolute Gasteiger partial charge is 0.493 e. The van der Waals surface area contributed by atoms with Crippen molar-refractivity contribution in [3.05, 3.63) is 45.9 Å². The number of benzene rings is 1.